The Bertz CT molecular complexity index is 470. The summed E-state index contributed by atoms with van der Waals surface area (Å²) in [5.41, 5.74) is 5.26. The Labute approximate surface area is 116 Å². The molecule has 0 aromatic heterocycles. The molecule has 20 heavy (non-hydrogen) atoms. The molecule has 1 aromatic carbocycles. The summed E-state index contributed by atoms with van der Waals surface area (Å²) in [5, 5.41) is 2.56. The first-order chi connectivity index (χ1) is 9.14. The van der Waals surface area contributed by atoms with Crippen LogP contribution in [0.4, 0.5) is 18.9 Å². The van der Waals surface area contributed by atoms with Crippen LogP contribution in [0.3, 0.4) is 0 Å². The van der Waals surface area contributed by atoms with Gasteiger partial charge < -0.3 is 11.1 Å². The van der Waals surface area contributed by atoms with Crippen molar-refractivity contribution >= 4 is 11.6 Å². The van der Waals surface area contributed by atoms with Gasteiger partial charge in [0.2, 0.25) is 5.91 Å². The van der Waals surface area contributed by atoms with Crippen LogP contribution in [-0.2, 0) is 11.2 Å². The average Bonchev–Trinajstić information content (AvgIpc) is 2.26. The lowest BCUT2D eigenvalue weighted by atomic mass is 9.96. The number of carbonyl (C=O) groups excluding carboxylic acids is 1. The SMILES string of the molecule is CCCC(C)(N)C(=O)Nc1cccc(CC(F)(F)F)c1. The molecule has 1 aromatic rings. The Morgan fingerprint density at radius 2 is 2.00 bits per heavy atom. The number of nitrogens with two attached hydrogens (primary N) is 1. The first-order valence-electron chi connectivity index (χ1n) is 6.40. The fourth-order valence-electron chi connectivity index (χ4n) is 1.90. The molecule has 112 valence electrons. The van der Waals surface area contributed by atoms with Gasteiger partial charge >= 0.3 is 6.18 Å². The topological polar surface area (TPSA) is 55.1 Å². The number of carbonyl (C=O) groups is 1. The van der Waals surface area contributed by atoms with Gasteiger partial charge in [0.05, 0.1) is 12.0 Å². The average molecular weight is 288 g/mol. The normalized spacial score (nSPS) is 14.7. The minimum absolute atomic E-state index is 0.101. The molecule has 1 rings (SSSR count). The Hall–Kier alpha value is -1.56. The summed E-state index contributed by atoms with van der Waals surface area (Å²) >= 11 is 0. The number of nitrogens with one attached hydrogen (secondary N) is 1. The standard InChI is InChI=1S/C14H19F3N2O/c1-3-7-13(2,18)12(20)19-11-6-4-5-10(8-11)9-14(15,16)17/h4-6,8H,3,7,9,18H2,1-2H3,(H,19,20). The molecule has 0 spiro atoms. The molecule has 1 amide bonds. The minimum Gasteiger partial charge on any atom is -0.324 e. The number of hydrogen-bond donors (Lipinski definition) is 2. The summed E-state index contributed by atoms with van der Waals surface area (Å²) in [5.74, 6) is -0.400. The molecule has 6 heteroatoms. The van der Waals surface area contributed by atoms with Gasteiger partial charge in [-0.15, -0.1) is 0 Å². The summed E-state index contributed by atoms with van der Waals surface area (Å²) in [4.78, 5) is 12.0. The van der Waals surface area contributed by atoms with E-state index in [0.717, 1.165) is 6.42 Å². The summed E-state index contributed by atoms with van der Waals surface area (Å²) < 4.78 is 37.0. The third-order valence-corrected chi connectivity index (χ3v) is 2.88. The smallest absolute Gasteiger partial charge is 0.324 e. The maximum atomic E-state index is 12.3. The number of hydrogen-bond acceptors (Lipinski definition) is 2. The van der Waals surface area contributed by atoms with Crippen molar-refractivity contribution in [1.29, 1.82) is 0 Å². The maximum Gasteiger partial charge on any atom is 0.393 e. The van der Waals surface area contributed by atoms with Crippen LogP contribution >= 0.6 is 0 Å². The molecule has 0 aliphatic carbocycles. The summed E-state index contributed by atoms with van der Waals surface area (Å²) in [6, 6.07) is 5.70. The van der Waals surface area contributed by atoms with Crippen LogP contribution in [0.5, 0.6) is 0 Å². The van der Waals surface area contributed by atoms with Gasteiger partial charge in [0, 0.05) is 5.69 Å². The van der Waals surface area contributed by atoms with E-state index in [1.807, 2.05) is 6.92 Å². The third kappa shape index (κ3) is 5.21. The molecule has 0 heterocycles. The molecule has 1 atom stereocenters. The molecule has 0 aliphatic heterocycles. The Morgan fingerprint density at radius 3 is 2.55 bits per heavy atom. The Morgan fingerprint density at radius 1 is 1.35 bits per heavy atom. The van der Waals surface area contributed by atoms with Crippen molar-refractivity contribution < 1.29 is 18.0 Å². The summed E-state index contributed by atoms with van der Waals surface area (Å²) in [6.07, 6.45) is -4.05. The number of benzene rings is 1. The summed E-state index contributed by atoms with van der Waals surface area (Å²) in [6.45, 7) is 3.51. The predicted octanol–water partition coefficient (Wildman–Crippen LogP) is 3.25. The van der Waals surface area contributed by atoms with E-state index in [-0.39, 0.29) is 5.56 Å². The van der Waals surface area contributed by atoms with Gasteiger partial charge in [-0.1, -0.05) is 25.5 Å². The molecule has 3 nitrogen and oxygen atoms in total. The zero-order valence-electron chi connectivity index (χ0n) is 11.6. The molecule has 0 bridgehead atoms. The Kier molecular flexibility index (Phi) is 5.16. The van der Waals surface area contributed by atoms with Crippen LogP contribution in [0.15, 0.2) is 24.3 Å². The largest absolute Gasteiger partial charge is 0.393 e. The van der Waals surface area contributed by atoms with E-state index in [4.69, 9.17) is 5.73 Å². The molecule has 0 fully saturated rings. The highest BCUT2D eigenvalue weighted by Gasteiger charge is 2.29. The van der Waals surface area contributed by atoms with Gasteiger partial charge in [-0.2, -0.15) is 13.2 Å². The van der Waals surface area contributed by atoms with Crippen molar-refractivity contribution in [1.82, 2.24) is 0 Å². The van der Waals surface area contributed by atoms with Gasteiger partial charge in [0.25, 0.3) is 0 Å². The molecular weight excluding hydrogens is 269 g/mol. The van der Waals surface area contributed by atoms with Gasteiger partial charge in [0.15, 0.2) is 0 Å². The van der Waals surface area contributed by atoms with Gasteiger partial charge in [-0.3, -0.25) is 4.79 Å². The predicted molar refractivity (Wildman–Crippen MR) is 72.3 cm³/mol. The highest BCUT2D eigenvalue weighted by molar-refractivity contribution is 5.97. The minimum atomic E-state index is -4.27. The second-order valence-corrected chi connectivity index (χ2v) is 5.11. The van der Waals surface area contributed by atoms with E-state index in [2.05, 4.69) is 5.32 Å². The van der Waals surface area contributed by atoms with Gasteiger partial charge in [0.1, 0.15) is 0 Å². The molecule has 1 unspecified atom stereocenters. The number of rotatable bonds is 5. The van der Waals surface area contributed by atoms with E-state index in [1.165, 1.54) is 18.2 Å². The lowest BCUT2D eigenvalue weighted by Crippen LogP contribution is -2.48. The number of amides is 1. The van der Waals surface area contributed by atoms with Crippen LogP contribution in [0, 0.1) is 0 Å². The van der Waals surface area contributed by atoms with Crippen LogP contribution < -0.4 is 11.1 Å². The maximum absolute atomic E-state index is 12.3. The number of alkyl halides is 3. The van der Waals surface area contributed by atoms with Crippen LogP contribution in [0.1, 0.15) is 32.3 Å². The van der Waals surface area contributed by atoms with Crippen LogP contribution in [0.25, 0.3) is 0 Å². The first-order valence-corrected chi connectivity index (χ1v) is 6.40. The zero-order valence-corrected chi connectivity index (χ0v) is 11.6. The number of halogens is 3. The van der Waals surface area contributed by atoms with E-state index < -0.39 is 24.0 Å². The highest BCUT2D eigenvalue weighted by atomic mass is 19.4. The van der Waals surface area contributed by atoms with Crippen molar-refractivity contribution in [2.45, 2.75) is 44.8 Å². The molecule has 0 saturated heterocycles. The fraction of sp³-hybridized carbons (Fsp3) is 0.500. The van der Waals surface area contributed by atoms with Crippen molar-refractivity contribution in [3.8, 4) is 0 Å². The molecule has 0 aliphatic rings. The molecular formula is C14H19F3N2O. The molecule has 0 radical (unpaired) electrons. The van der Waals surface area contributed by atoms with Crippen molar-refractivity contribution in [3.63, 3.8) is 0 Å². The number of anilines is 1. The first kappa shape index (κ1) is 16.5. The highest BCUT2D eigenvalue weighted by Crippen LogP contribution is 2.23. The van der Waals surface area contributed by atoms with Crippen molar-refractivity contribution in [2.24, 2.45) is 5.73 Å². The zero-order chi connectivity index (χ0) is 15.4. The molecule has 0 saturated carbocycles. The quantitative estimate of drug-likeness (QED) is 0.874. The second-order valence-electron chi connectivity index (χ2n) is 5.11. The summed E-state index contributed by atoms with van der Waals surface area (Å²) in [7, 11) is 0. The lowest BCUT2D eigenvalue weighted by molar-refractivity contribution is -0.127. The monoisotopic (exact) mass is 288 g/mol. The van der Waals surface area contributed by atoms with E-state index in [9.17, 15) is 18.0 Å². The van der Waals surface area contributed by atoms with E-state index in [0.29, 0.717) is 12.1 Å². The Balaban J connectivity index is 2.78. The third-order valence-electron chi connectivity index (χ3n) is 2.88. The van der Waals surface area contributed by atoms with Crippen LogP contribution in [0.2, 0.25) is 0 Å². The van der Waals surface area contributed by atoms with Gasteiger partial charge in [-0.25, -0.2) is 0 Å². The van der Waals surface area contributed by atoms with Crippen LogP contribution in [-0.4, -0.2) is 17.6 Å². The lowest BCUT2D eigenvalue weighted by Gasteiger charge is -2.23. The van der Waals surface area contributed by atoms with E-state index >= 15 is 0 Å². The van der Waals surface area contributed by atoms with E-state index in [1.54, 1.807) is 13.0 Å². The molecule has 3 N–H and O–H groups in total. The van der Waals surface area contributed by atoms with Gasteiger partial charge in [-0.05, 0) is 31.0 Å². The van der Waals surface area contributed by atoms with Crippen molar-refractivity contribution in [3.05, 3.63) is 29.8 Å². The fourth-order valence-corrected chi connectivity index (χ4v) is 1.90. The van der Waals surface area contributed by atoms with Crippen molar-refractivity contribution in [2.75, 3.05) is 5.32 Å². The second kappa shape index (κ2) is 6.26.